The summed E-state index contributed by atoms with van der Waals surface area (Å²) in [5.41, 5.74) is 3.94. The van der Waals surface area contributed by atoms with Crippen LogP contribution in [0.3, 0.4) is 0 Å². The van der Waals surface area contributed by atoms with Crippen LogP contribution in [0, 0.1) is 0 Å². The predicted octanol–water partition coefficient (Wildman–Crippen LogP) is 4.90. The van der Waals surface area contributed by atoms with Crippen LogP contribution in [0.25, 0.3) is 11.1 Å². The molecule has 4 nitrogen and oxygen atoms in total. The van der Waals surface area contributed by atoms with Crippen LogP contribution in [0.1, 0.15) is 21.5 Å². The highest BCUT2D eigenvalue weighted by molar-refractivity contribution is 7.15. The minimum absolute atomic E-state index is 0.0743. The Bertz CT molecular complexity index is 988. The van der Waals surface area contributed by atoms with Crippen LogP contribution in [-0.2, 0) is 17.6 Å². The fraction of sp³-hybridized carbons (Fsp3) is 0.143. The number of carbonyl (C=O) groups is 2. The number of thiophene rings is 1. The van der Waals surface area contributed by atoms with Gasteiger partial charge in [0, 0.05) is 22.0 Å². The zero-order valence-corrected chi connectivity index (χ0v) is 15.8. The first-order valence-corrected chi connectivity index (χ1v) is 9.75. The van der Waals surface area contributed by atoms with Crippen LogP contribution in [0.15, 0.2) is 53.9 Å². The van der Waals surface area contributed by atoms with Crippen molar-refractivity contribution >= 4 is 40.3 Å². The molecule has 1 amide bonds. The highest BCUT2D eigenvalue weighted by Gasteiger charge is 2.31. The van der Waals surface area contributed by atoms with Gasteiger partial charge in [-0.25, -0.2) is 4.79 Å². The van der Waals surface area contributed by atoms with Crippen molar-refractivity contribution in [2.24, 2.45) is 0 Å². The van der Waals surface area contributed by atoms with E-state index in [2.05, 4.69) is 12.1 Å². The maximum atomic E-state index is 12.0. The predicted molar refractivity (Wildman–Crippen MR) is 108 cm³/mol. The van der Waals surface area contributed by atoms with Gasteiger partial charge in [0.2, 0.25) is 6.41 Å². The molecule has 4 rings (SSSR count). The number of carboxylic acid groups (broad SMARTS) is 1. The van der Waals surface area contributed by atoms with Gasteiger partial charge in [0.25, 0.3) is 0 Å². The maximum Gasteiger partial charge on any atom is 0.339 e. The average molecular weight is 398 g/mol. The highest BCUT2D eigenvalue weighted by Crippen LogP contribution is 2.40. The third kappa shape index (κ3) is 3.24. The van der Waals surface area contributed by atoms with Crippen LogP contribution in [0.5, 0.6) is 0 Å². The number of hydrogen-bond acceptors (Lipinski definition) is 3. The molecule has 0 radical (unpaired) electrons. The molecule has 27 heavy (non-hydrogen) atoms. The van der Waals surface area contributed by atoms with E-state index in [0.717, 1.165) is 24.8 Å². The number of nitrogens with zero attached hydrogens (tertiary/aromatic N) is 1. The minimum Gasteiger partial charge on any atom is -0.478 e. The number of hydrogen-bond donors (Lipinski definition) is 1. The summed E-state index contributed by atoms with van der Waals surface area (Å²) in [6.45, 7) is 0. The molecule has 1 N–H and O–H groups in total. The third-order valence-corrected chi connectivity index (χ3v) is 6.16. The van der Waals surface area contributed by atoms with E-state index in [1.807, 2.05) is 12.1 Å². The van der Waals surface area contributed by atoms with E-state index in [1.54, 1.807) is 34.5 Å². The zero-order chi connectivity index (χ0) is 19.0. The van der Waals surface area contributed by atoms with E-state index in [9.17, 15) is 14.7 Å². The van der Waals surface area contributed by atoms with Crippen molar-refractivity contribution in [3.8, 4) is 11.1 Å². The quantitative estimate of drug-likeness (QED) is 0.623. The Morgan fingerprint density at radius 1 is 1.11 bits per heavy atom. The molecular formula is C21H16ClNO3S. The largest absolute Gasteiger partial charge is 0.478 e. The summed E-state index contributed by atoms with van der Waals surface area (Å²) in [5.74, 6) is -1.04. The number of halogens is 1. The fourth-order valence-corrected chi connectivity index (χ4v) is 4.86. The lowest BCUT2D eigenvalue weighted by atomic mass is 10.0. The van der Waals surface area contributed by atoms with Crippen LogP contribution in [0.4, 0.5) is 5.00 Å². The van der Waals surface area contributed by atoms with E-state index in [4.69, 9.17) is 11.6 Å². The standard InChI is InChI=1S/C21H16ClNO3S/c22-16-7-5-13(6-8-16)18-11-27-20(19(18)21(25)26)23(12-24)17-9-14-3-1-2-4-15(14)10-17/h1-8,11-12,17H,9-10H2,(H,25,26). The molecule has 0 saturated heterocycles. The number of amides is 1. The molecule has 1 heterocycles. The number of anilines is 1. The lowest BCUT2D eigenvalue weighted by Crippen LogP contribution is -2.35. The number of rotatable bonds is 5. The molecule has 0 spiro atoms. The first-order chi connectivity index (χ1) is 13.1. The average Bonchev–Trinajstić information content (AvgIpc) is 3.27. The highest BCUT2D eigenvalue weighted by atomic mass is 35.5. The first-order valence-electron chi connectivity index (χ1n) is 8.49. The monoisotopic (exact) mass is 397 g/mol. The van der Waals surface area contributed by atoms with Gasteiger partial charge in [-0.2, -0.15) is 0 Å². The molecule has 6 heteroatoms. The lowest BCUT2D eigenvalue weighted by Gasteiger charge is -2.24. The number of carbonyl (C=O) groups excluding carboxylic acids is 1. The minimum atomic E-state index is -1.04. The Morgan fingerprint density at radius 3 is 2.30 bits per heavy atom. The molecule has 1 aromatic heterocycles. The van der Waals surface area contributed by atoms with E-state index >= 15 is 0 Å². The Hall–Kier alpha value is -2.63. The summed E-state index contributed by atoms with van der Waals surface area (Å²) in [4.78, 5) is 25.5. The van der Waals surface area contributed by atoms with Crippen molar-refractivity contribution in [3.05, 3.63) is 75.6 Å². The topological polar surface area (TPSA) is 57.6 Å². The van der Waals surface area contributed by atoms with Gasteiger partial charge in [-0.3, -0.25) is 4.79 Å². The van der Waals surface area contributed by atoms with Crippen molar-refractivity contribution in [2.45, 2.75) is 18.9 Å². The molecule has 0 atom stereocenters. The normalized spacial score (nSPS) is 13.4. The molecule has 1 aliphatic carbocycles. The van der Waals surface area contributed by atoms with Crippen molar-refractivity contribution in [1.82, 2.24) is 0 Å². The molecule has 0 aliphatic heterocycles. The van der Waals surface area contributed by atoms with Crippen molar-refractivity contribution in [3.63, 3.8) is 0 Å². The van der Waals surface area contributed by atoms with Gasteiger partial charge in [-0.15, -0.1) is 11.3 Å². The summed E-state index contributed by atoms with van der Waals surface area (Å²) in [5, 5.41) is 12.7. The molecule has 0 bridgehead atoms. The summed E-state index contributed by atoms with van der Waals surface area (Å²) in [7, 11) is 0. The lowest BCUT2D eigenvalue weighted by molar-refractivity contribution is -0.107. The van der Waals surface area contributed by atoms with Gasteiger partial charge in [-0.05, 0) is 41.7 Å². The van der Waals surface area contributed by atoms with Crippen LogP contribution in [-0.4, -0.2) is 23.5 Å². The summed E-state index contributed by atoms with van der Waals surface area (Å²) >= 11 is 7.22. The van der Waals surface area contributed by atoms with E-state index in [-0.39, 0.29) is 11.6 Å². The number of fused-ring (bicyclic) bond motifs is 1. The van der Waals surface area contributed by atoms with Crippen LogP contribution < -0.4 is 4.90 Å². The van der Waals surface area contributed by atoms with Crippen LogP contribution in [0.2, 0.25) is 5.02 Å². The molecule has 0 saturated carbocycles. The second-order valence-electron chi connectivity index (χ2n) is 6.49. The SMILES string of the molecule is O=CN(c1scc(-c2ccc(Cl)cc2)c1C(=O)O)C1Cc2ccccc2C1. The summed E-state index contributed by atoms with van der Waals surface area (Å²) in [6, 6.07) is 15.0. The second kappa shape index (κ2) is 7.18. The molecule has 136 valence electrons. The fourth-order valence-electron chi connectivity index (χ4n) is 3.62. The van der Waals surface area contributed by atoms with E-state index < -0.39 is 5.97 Å². The number of benzene rings is 2. The van der Waals surface area contributed by atoms with Crippen LogP contribution >= 0.6 is 22.9 Å². The Labute approximate surface area is 165 Å². The molecule has 0 unspecified atom stereocenters. The maximum absolute atomic E-state index is 12.0. The van der Waals surface area contributed by atoms with E-state index in [1.165, 1.54) is 22.5 Å². The van der Waals surface area contributed by atoms with Crippen molar-refractivity contribution in [2.75, 3.05) is 4.90 Å². The summed E-state index contributed by atoms with van der Waals surface area (Å²) in [6.07, 6.45) is 2.20. The van der Waals surface area contributed by atoms with Gasteiger partial charge in [0.05, 0.1) is 0 Å². The van der Waals surface area contributed by atoms with Gasteiger partial charge >= 0.3 is 5.97 Å². The molecular weight excluding hydrogens is 382 g/mol. The van der Waals surface area contributed by atoms with Gasteiger partial charge in [0.1, 0.15) is 10.6 Å². The molecule has 3 aromatic rings. The Morgan fingerprint density at radius 2 is 1.74 bits per heavy atom. The van der Waals surface area contributed by atoms with Gasteiger partial charge < -0.3 is 10.0 Å². The molecule has 0 fully saturated rings. The zero-order valence-electron chi connectivity index (χ0n) is 14.3. The number of carboxylic acids is 1. The number of aromatic carboxylic acids is 1. The first kappa shape index (κ1) is 17.8. The Balaban J connectivity index is 1.73. The molecule has 1 aliphatic rings. The van der Waals surface area contributed by atoms with E-state index in [0.29, 0.717) is 15.6 Å². The smallest absolute Gasteiger partial charge is 0.339 e. The molecule has 2 aromatic carbocycles. The second-order valence-corrected chi connectivity index (χ2v) is 7.78. The van der Waals surface area contributed by atoms with Crippen molar-refractivity contribution < 1.29 is 14.7 Å². The van der Waals surface area contributed by atoms with Crippen molar-refractivity contribution in [1.29, 1.82) is 0 Å². The van der Waals surface area contributed by atoms with Gasteiger partial charge in [-0.1, -0.05) is 48.0 Å². The summed E-state index contributed by atoms with van der Waals surface area (Å²) < 4.78 is 0. The third-order valence-electron chi connectivity index (χ3n) is 4.91. The van der Waals surface area contributed by atoms with Gasteiger partial charge in [0.15, 0.2) is 0 Å². The Kier molecular flexibility index (Phi) is 4.72.